The Labute approximate surface area is 136 Å². The Hall–Kier alpha value is -2.61. The molecule has 23 heavy (non-hydrogen) atoms. The molecule has 1 amide bonds. The van der Waals surface area contributed by atoms with Crippen molar-refractivity contribution in [3.8, 4) is 11.5 Å². The number of nitrogens with zero attached hydrogens (tertiary/aromatic N) is 1. The zero-order valence-corrected chi connectivity index (χ0v) is 13.6. The van der Waals surface area contributed by atoms with Crippen molar-refractivity contribution >= 4 is 23.2 Å². The number of hydrogen-bond acceptors (Lipinski definition) is 6. The van der Waals surface area contributed by atoms with Gasteiger partial charge in [-0.2, -0.15) is 0 Å². The lowest BCUT2D eigenvalue weighted by Crippen LogP contribution is -2.26. The van der Waals surface area contributed by atoms with E-state index in [1.807, 2.05) is 0 Å². The first kappa shape index (κ1) is 16.8. The molecule has 1 unspecified atom stereocenters. The van der Waals surface area contributed by atoms with Crippen LogP contribution in [0.1, 0.15) is 43.7 Å². The summed E-state index contributed by atoms with van der Waals surface area (Å²) < 4.78 is 5.03. The second-order valence-electron chi connectivity index (χ2n) is 4.85. The lowest BCUT2D eigenvalue weighted by atomic mass is 10.1. The van der Waals surface area contributed by atoms with Crippen LogP contribution in [0.25, 0.3) is 0 Å². The Balaban J connectivity index is 2.20. The maximum absolute atomic E-state index is 12.3. The third-order valence-electron chi connectivity index (χ3n) is 3.17. The van der Waals surface area contributed by atoms with Gasteiger partial charge in [-0.05, 0) is 32.0 Å². The highest BCUT2D eigenvalue weighted by atomic mass is 32.1. The molecule has 1 atom stereocenters. The van der Waals surface area contributed by atoms with Crippen LogP contribution in [0.15, 0.2) is 18.2 Å². The van der Waals surface area contributed by atoms with Crippen molar-refractivity contribution in [1.82, 2.24) is 10.3 Å². The lowest BCUT2D eigenvalue weighted by molar-refractivity contribution is 0.0700. The molecule has 2 rings (SSSR count). The summed E-state index contributed by atoms with van der Waals surface area (Å²) in [6, 6.07) is 3.84. The van der Waals surface area contributed by atoms with Crippen molar-refractivity contribution < 1.29 is 24.5 Å². The van der Waals surface area contributed by atoms with Crippen molar-refractivity contribution in [2.24, 2.45) is 0 Å². The number of carbonyl (C=O) groups excluding carboxylic acids is 1. The molecule has 0 aliphatic rings. The van der Waals surface area contributed by atoms with E-state index < -0.39 is 17.9 Å². The number of carboxylic acid groups (broad SMARTS) is 1. The summed E-state index contributed by atoms with van der Waals surface area (Å²) in [5.41, 5.74) is 0.478. The van der Waals surface area contributed by atoms with Gasteiger partial charge in [0.05, 0.1) is 24.4 Å². The largest absolute Gasteiger partial charge is 0.507 e. The lowest BCUT2D eigenvalue weighted by Gasteiger charge is -2.12. The molecule has 0 bridgehead atoms. The summed E-state index contributed by atoms with van der Waals surface area (Å²) in [5.74, 6) is -1.27. The van der Waals surface area contributed by atoms with Gasteiger partial charge in [0.15, 0.2) is 0 Å². The van der Waals surface area contributed by atoms with Crippen molar-refractivity contribution in [2.45, 2.75) is 19.9 Å². The Morgan fingerprint density at radius 2 is 2.09 bits per heavy atom. The molecule has 8 heteroatoms. The van der Waals surface area contributed by atoms with E-state index in [0.717, 1.165) is 11.3 Å². The molecule has 7 nitrogen and oxygen atoms in total. The molecule has 0 aliphatic carbocycles. The molecule has 3 N–H and O–H groups in total. The number of aromatic nitrogens is 1. The number of nitrogens with one attached hydrogen (secondary N) is 1. The Kier molecular flexibility index (Phi) is 4.85. The molecule has 0 saturated carbocycles. The number of ether oxygens (including phenoxy) is 1. The summed E-state index contributed by atoms with van der Waals surface area (Å²) in [6.45, 7) is 3.30. The third-order valence-corrected chi connectivity index (χ3v) is 4.50. The van der Waals surface area contributed by atoms with Crippen LogP contribution in [0.5, 0.6) is 11.5 Å². The number of aromatic hydroxyl groups is 1. The number of hydrogen-bond donors (Lipinski definition) is 3. The zero-order valence-electron chi connectivity index (χ0n) is 12.8. The van der Waals surface area contributed by atoms with Crippen molar-refractivity contribution in [3.05, 3.63) is 39.3 Å². The number of aryl methyl sites for hydroxylation is 1. The quantitative estimate of drug-likeness (QED) is 0.773. The van der Waals surface area contributed by atoms with Crippen LogP contribution in [0.4, 0.5) is 0 Å². The zero-order chi connectivity index (χ0) is 17.1. The van der Waals surface area contributed by atoms with Crippen molar-refractivity contribution in [3.63, 3.8) is 0 Å². The van der Waals surface area contributed by atoms with E-state index in [1.165, 1.54) is 19.2 Å². The number of benzene rings is 1. The van der Waals surface area contributed by atoms with E-state index in [-0.39, 0.29) is 16.2 Å². The van der Waals surface area contributed by atoms with Gasteiger partial charge < -0.3 is 20.3 Å². The number of carbonyl (C=O) groups is 2. The number of thiazole rings is 1. The number of phenolic OH excluding ortho intramolecular Hbond substituents is 1. The first-order valence-corrected chi connectivity index (χ1v) is 7.53. The molecular formula is C15H16N2O5S. The highest BCUT2D eigenvalue weighted by Crippen LogP contribution is 2.26. The van der Waals surface area contributed by atoms with Crippen molar-refractivity contribution in [2.75, 3.05) is 7.11 Å². The van der Waals surface area contributed by atoms with E-state index in [4.69, 9.17) is 9.84 Å². The van der Waals surface area contributed by atoms with Crippen LogP contribution in [-0.2, 0) is 0 Å². The summed E-state index contributed by atoms with van der Waals surface area (Å²) in [6.07, 6.45) is 0. The second kappa shape index (κ2) is 6.66. The number of aromatic carboxylic acids is 1. The van der Waals surface area contributed by atoms with Gasteiger partial charge in [0.2, 0.25) is 0 Å². The molecule has 1 aromatic carbocycles. The van der Waals surface area contributed by atoms with Gasteiger partial charge in [0.25, 0.3) is 5.91 Å². The van der Waals surface area contributed by atoms with Gasteiger partial charge in [-0.15, -0.1) is 11.3 Å². The topological polar surface area (TPSA) is 109 Å². The number of amides is 1. The van der Waals surface area contributed by atoms with Crippen LogP contribution in [0.3, 0.4) is 0 Å². The average molecular weight is 336 g/mol. The van der Waals surface area contributed by atoms with Crippen molar-refractivity contribution in [1.29, 1.82) is 0 Å². The van der Waals surface area contributed by atoms with Crippen LogP contribution in [0, 0.1) is 6.92 Å². The van der Waals surface area contributed by atoms with Gasteiger partial charge in [0.1, 0.15) is 21.4 Å². The van der Waals surface area contributed by atoms with E-state index in [0.29, 0.717) is 16.5 Å². The first-order chi connectivity index (χ1) is 10.8. The second-order valence-corrected chi connectivity index (χ2v) is 5.88. The normalized spacial score (nSPS) is 11.8. The smallest absolute Gasteiger partial charge is 0.347 e. The number of carboxylic acids is 1. The molecule has 0 fully saturated rings. The molecule has 1 aromatic heterocycles. The highest BCUT2D eigenvalue weighted by Gasteiger charge is 2.21. The van der Waals surface area contributed by atoms with E-state index in [2.05, 4.69) is 10.3 Å². The maximum atomic E-state index is 12.3. The van der Waals surface area contributed by atoms with Gasteiger partial charge >= 0.3 is 5.97 Å². The average Bonchev–Trinajstić information content (AvgIpc) is 2.90. The summed E-state index contributed by atoms with van der Waals surface area (Å²) >= 11 is 1.01. The fourth-order valence-corrected chi connectivity index (χ4v) is 2.87. The Bertz CT molecular complexity index is 756. The Morgan fingerprint density at radius 1 is 1.39 bits per heavy atom. The molecular weight excluding hydrogens is 320 g/mol. The minimum absolute atomic E-state index is 0.0722. The first-order valence-electron chi connectivity index (χ1n) is 6.72. The Morgan fingerprint density at radius 3 is 2.65 bits per heavy atom. The fraction of sp³-hybridized carbons (Fsp3) is 0.267. The predicted molar refractivity (Wildman–Crippen MR) is 84.4 cm³/mol. The molecule has 0 radical (unpaired) electrons. The highest BCUT2D eigenvalue weighted by molar-refractivity contribution is 7.13. The molecule has 0 saturated heterocycles. The SMILES string of the molecule is COc1ccc(O)c(C(=O)NC(C)c2nc(C)c(C(=O)O)s2)c1. The maximum Gasteiger partial charge on any atom is 0.347 e. The molecule has 1 heterocycles. The summed E-state index contributed by atoms with van der Waals surface area (Å²) in [7, 11) is 1.46. The fourth-order valence-electron chi connectivity index (χ4n) is 1.96. The van der Waals surface area contributed by atoms with Crippen LogP contribution in [-0.4, -0.2) is 34.2 Å². The molecule has 2 aromatic rings. The van der Waals surface area contributed by atoms with Crippen LogP contribution in [0.2, 0.25) is 0 Å². The van der Waals surface area contributed by atoms with Crippen LogP contribution >= 0.6 is 11.3 Å². The van der Waals surface area contributed by atoms with E-state index in [9.17, 15) is 14.7 Å². The standard InChI is InChI=1S/C15H16N2O5S/c1-7-12(15(20)21)23-14(17-7)8(2)16-13(19)10-6-9(22-3)4-5-11(10)18/h4-6,8,18H,1-3H3,(H,16,19)(H,20,21). The van der Waals surface area contributed by atoms with Gasteiger partial charge in [0, 0.05) is 0 Å². The van der Waals surface area contributed by atoms with Gasteiger partial charge in [-0.25, -0.2) is 9.78 Å². The minimum Gasteiger partial charge on any atom is -0.507 e. The van der Waals surface area contributed by atoms with Crippen LogP contribution < -0.4 is 10.1 Å². The van der Waals surface area contributed by atoms with E-state index >= 15 is 0 Å². The van der Waals surface area contributed by atoms with Gasteiger partial charge in [-0.1, -0.05) is 0 Å². The van der Waals surface area contributed by atoms with E-state index in [1.54, 1.807) is 19.9 Å². The monoisotopic (exact) mass is 336 g/mol. The van der Waals surface area contributed by atoms with Gasteiger partial charge in [-0.3, -0.25) is 4.79 Å². The minimum atomic E-state index is -1.05. The number of methoxy groups -OCH3 is 1. The summed E-state index contributed by atoms with van der Waals surface area (Å²) in [4.78, 5) is 27.6. The molecule has 122 valence electrons. The third kappa shape index (κ3) is 3.59. The number of phenols is 1. The number of rotatable bonds is 5. The predicted octanol–water partition coefficient (Wildman–Crippen LogP) is 2.35. The molecule has 0 aliphatic heterocycles. The molecule has 0 spiro atoms. The summed E-state index contributed by atoms with van der Waals surface area (Å²) in [5, 5.41) is 22.0.